The standard InChI is InChI=1S/C11H18N2O2S/c1-10(2)9(15)13(6-8(14)12-10)7-11(16-3)4-5-11/h4-7H2,1-3H3,(H,12,14). The summed E-state index contributed by atoms with van der Waals surface area (Å²) in [4.78, 5) is 25.3. The summed E-state index contributed by atoms with van der Waals surface area (Å²) < 4.78 is 0.226. The van der Waals surface area contributed by atoms with E-state index >= 15 is 0 Å². The van der Waals surface area contributed by atoms with Crippen LogP contribution in [0.15, 0.2) is 0 Å². The molecule has 1 N–H and O–H groups in total. The molecule has 5 heteroatoms. The van der Waals surface area contributed by atoms with Crippen molar-refractivity contribution >= 4 is 23.6 Å². The smallest absolute Gasteiger partial charge is 0.248 e. The minimum absolute atomic E-state index is 0.0347. The Hall–Kier alpha value is -0.710. The zero-order valence-electron chi connectivity index (χ0n) is 10.0. The second kappa shape index (κ2) is 3.65. The Morgan fingerprint density at radius 1 is 1.38 bits per heavy atom. The van der Waals surface area contributed by atoms with Crippen LogP contribution in [-0.2, 0) is 9.59 Å². The minimum atomic E-state index is -0.746. The molecule has 1 heterocycles. The Bertz CT molecular complexity index is 337. The lowest BCUT2D eigenvalue weighted by Crippen LogP contribution is -2.64. The number of hydrogen-bond acceptors (Lipinski definition) is 3. The van der Waals surface area contributed by atoms with Gasteiger partial charge in [-0.25, -0.2) is 0 Å². The fourth-order valence-corrected chi connectivity index (χ4v) is 2.92. The van der Waals surface area contributed by atoms with E-state index in [9.17, 15) is 9.59 Å². The molecule has 0 aromatic heterocycles. The van der Waals surface area contributed by atoms with Crippen LogP contribution in [0.5, 0.6) is 0 Å². The van der Waals surface area contributed by atoms with Crippen molar-refractivity contribution in [3.8, 4) is 0 Å². The molecule has 0 unspecified atom stereocenters. The first-order valence-electron chi connectivity index (χ1n) is 5.54. The summed E-state index contributed by atoms with van der Waals surface area (Å²) in [6.45, 7) is 4.45. The molecule has 0 atom stereocenters. The highest BCUT2D eigenvalue weighted by Crippen LogP contribution is 2.47. The summed E-state index contributed by atoms with van der Waals surface area (Å²) in [6, 6.07) is 0. The van der Waals surface area contributed by atoms with Gasteiger partial charge in [-0.2, -0.15) is 11.8 Å². The number of carbonyl (C=O) groups excluding carboxylic acids is 2. The van der Waals surface area contributed by atoms with Crippen LogP contribution < -0.4 is 5.32 Å². The summed E-state index contributed by atoms with van der Waals surface area (Å²) in [5, 5.41) is 2.72. The first-order valence-corrected chi connectivity index (χ1v) is 6.77. The highest BCUT2D eigenvalue weighted by Gasteiger charge is 2.47. The Labute approximate surface area is 100 Å². The summed E-state index contributed by atoms with van der Waals surface area (Å²) >= 11 is 1.81. The Kier molecular flexibility index (Phi) is 2.69. The molecular formula is C11H18N2O2S. The molecule has 90 valence electrons. The van der Waals surface area contributed by atoms with Gasteiger partial charge in [-0.1, -0.05) is 0 Å². The van der Waals surface area contributed by atoms with Crippen molar-refractivity contribution in [2.75, 3.05) is 19.3 Å². The molecule has 0 spiro atoms. The number of hydrogen-bond donors (Lipinski definition) is 1. The van der Waals surface area contributed by atoms with E-state index in [-0.39, 0.29) is 23.1 Å². The molecule has 0 bridgehead atoms. The lowest BCUT2D eigenvalue weighted by atomic mass is 10.0. The van der Waals surface area contributed by atoms with Gasteiger partial charge in [0.05, 0.1) is 6.54 Å². The largest absolute Gasteiger partial charge is 0.341 e. The van der Waals surface area contributed by atoms with E-state index in [1.54, 1.807) is 18.7 Å². The Morgan fingerprint density at radius 2 is 2.00 bits per heavy atom. The Morgan fingerprint density at radius 3 is 2.50 bits per heavy atom. The van der Waals surface area contributed by atoms with Crippen LogP contribution in [0.2, 0.25) is 0 Å². The molecule has 0 radical (unpaired) electrons. The van der Waals surface area contributed by atoms with E-state index in [1.165, 1.54) is 0 Å². The van der Waals surface area contributed by atoms with Crippen LogP contribution in [0.1, 0.15) is 26.7 Å². The highest BCUT2D eigenvalue weighted by atomic mass is 32.2. The second-order valence-corrected chi connectivity index (χ2v) is 6.50. The van der Waals surface area contributed by atoms with E-state index in [0.29, 0.717) is 6.54 Å². The van der Waals surface area contributed by atoms with Gasteiger partial charge in [0, 0.05) is 11.3 Å². The monoisotopic (exact) mass is 242 g/mol. The predicted molar refractivity (Wildman–Crippen MR) is 64.3 cm³/mol. The number of rotatable bonds is 3. The first kappa shape index (κ1) is 11.8. The van der Waals surface area contributed by atoms with Crippen molar-refractivity contribution in [3.05, 3.63) is 0 Å². The molecule has 1 saturated heterocycles. The van der Waals surface area contributed by atoms with Crippen molar-refractivity contribution in [2.45, 2.75) is 37.0 Å². The van der Waals surface area contributed by atoms with Gasteiger partial charge in [0.25, 0.3) is 0 Å². The van der Waals surface area contributed by atoms with E-state index in [1.807, 2.05) is 11.8 Å². The van der Waals surface area contributed by atoms with Crippen LogP contribution in [0.25, 0.3) is 0 Å². The van der Waals surface area contributed by atoms with Gasteiger partial charge in [-0.15, -0.1) is 0 Å². The van der Waals surface area contributed by atoms with Crippen molar-refractivity contribution in [1.82, 2.24) is 10.2 Å². The number of piperazine rings is 1. The molecule has 1 aliphatic heterocycles. The number of carbonyl (C=O) groups is 2. The average molecular weight is 242 g/mol. The number of amides is 2. The maximum absolute atomic E-state index is 12.1. The van der Waals surface area contributed by atoms with Crippen molar-refractivity contribution in [2.24, 2.45) is 0 Å². The quantitative estimate of drug-likeness (QED) is 0.789. The number of nitrogens with one attached hydrogen (secondary N) is 1. The van der Waals surface area contributed by atoms with Crippen molar-refractivity contribution in [1.29, 1.82) is 0 Å². The SMILES string of the molecule is CSC1(CN2CC(=O)NC(C)(C)C2=O)CC1. The lowest BCUT2D eigenvalue weighted by molar-refractivity contribution is -0.148. The van der Waals surface area contributed by atoms with E-state index in [0.717, 1.165) is 12.8 Å². The predicted octanol–water partition coefficient (Wildman–Crippen LogP) is 0.619. The second-order valence-electron chi connectivity index (χ2n) is 5.22. The van der Waals surface area contributed by atoms with E-state index in [2.05, 4.69) is 11.6 Å². The third kappa shape index (κ3) is 2.05. The van der Waals surface area contributed by atoms with Crippen LogP contribution in [0.3, 0.4) is 0 Å². The summed E-state index contributed by atoms with van der Waals surface area (Å²) in [5.74, 6) is -0.0195. The minimum Gasteiger partial charge on any atom is -0.341 e. The third-order valence-electron chi connectivity index (χ3n) is 3.33. The number of nitrogens with zero attached hydrogens (tertiary/aromatic N) is 1. The molecule has 2 fully saturated rings. The normalized spacial score (nSPS) is 26.6. The lowest BCUT2D eigenvalue weighted by Gasteiger charge is -2.38. The van der Waals surface area contributed by atoms with Crippen LogP contribution in [0, 0.1) is 0 Å². The summed E-state index contributed by atoms with van der Waals surface area (Å²) in [7, 11) is 0. The molecule has 2 rings (SSSR count). The van der Waals surface area contributed by atoms with Gasteiger partial charge in [-0.05, 0) is 32.9 Å². The molecular weight excluding hydrogens is 224 g/mol. The van der Waals surface area contributed by atoms with Crippen LogP contribution in [0.4, 0.5) is 0 Å². The maximum Gasteiger partial charge on any atom is 0.248 e. The molecule has 2 aliphatic rings. The third-order valence-corrected chi connectivity index (χ3v) is 4.73. The molecule has 1 aliphatic carbocycles. The Balaban J connectivity index is 2.08. The highest BCUT2D eigenvalue weighted by molar-refractivity contribution is 8.00. The fourth-order valence-electron chi connectivity index (χ4n) is 2.12. The average Bonchev–Trinajstić information content (AvgIpc) is 2.94. The summed E-state index contributed by atoms with van der Waals surface area (Å²) in [5.41, 5.74) is -0.746. The van der Waals surface area contributed by atoms with Gasteiger partial charge in [-0.3, -0.25) is 9.59 Å². The fraction of sp³-hybridized carbons (Fsp3) is 0.818. The number of thioether (sulfide) groups is 1. The van der Waals surface area contributed by atoms with Crippen LogP contribution in [-0.4, -0.2) is 46.3 Å². The molecule has 0 aromatic rings. The van der Waals surface area contributed by atoms with Crippen LogP contribution >= 0.6 is 11.8 Å². The zero-order chi connectivity index (χ0) is 12.0. The van der Waals surface area contributed by atoms with Gasteiger partial charge >= 0.3 is 0 Å². The van der Waals surface area contributed by atoms with Gasteiger partial charge in [0.2, 0.25) is 11.8 Å². The van der Waals surface area contributed by atoms with Gasteiger partial charge in [0.1, 0.15) is 5.54 Å². The summed E-state index contributed by atoms with van der Waals surface area (Å²) in [6.07, 6.45) is 4.38. The molecule has 2 amide bonds. The first-order chi connectivity index (χ1) is 7.38. The van der Waals surface area contributed by atoms with Gasteiger partial charge in [0.15, 0.2) is 0 Å². The topological polar surface area (TPSA) is 49.4 Å². The van der Waals surface area contributed by atoms with E-state index < -0.39 is 5.54 Å². The zero-order valence-corrected chi connectivity index (χ0v) is 10.8. The van der Waals surface area contributed by atoms with Crippen molar-refractivity contribution in [3.63, 3.8) is 0 Å². The maximum atomic E-state index is 12.1. The molecule has 1 saturated carbocycles. The molecule has 16 heavy (non-hydrogen) atoms. The van der Waals surface area contributed by atoms with Crippen molar-refractivity contribution < 1.29 is 9.59 Å². The molecule has 4 nitrogen and oxygen atoms in total. The van der Waals surface area contributed by atoms with E-state index in [4.69, 9.17) is 0 Å². The van der Waals surface area contributed by atoms with Gasteiger partial charge < -0.3 is 10.2 Å². The molecule has 0 aromatic carbocycles.